The van der Waals surface area contributed by atoms with Crippen LogP contribution in [-0.2, 0) is 0 Å². The molecule has 0 saturated heterocycles. The Hall–Kier alpha value is -2.21. The van der Waals surface area contributed by atoms with E-state index >= 15 is 0 Å². The topological polar surface area (TPSA) is 88.3 Å². The molecule has 0 spiro atoms. The van der Waals surface area contributed by atoms with E-state index < -0.39 is 4.92 Å². The summed E-state index contributed by atoms with van der Waals surface area (Å²) in [5, 5.41) is 24.9. The highest BCUT2D eigenvalue weighted by atomic mass is 16.6. The summed E-state index contributed by atoms with van der Waals surface area (Å²) in [5.74, 6) is 0. The van der Waals surface area contributed by atoms with Crippen LogP contribution in [0.2, 0.25) is 0 Å². The lowest BCUT2D eigenvalue weighted by Crippen LogP contribution is -2.39. The third kappa shape index (κ3) is 2.42. The monoisotopic (exact) mass is 287 g/mol. The number of aliphatic hydroxyl groups is 1. The zero-order valence-corrected chi connectivity index (χ0v) is 11.6. The molecule has 2 aromatic rings. The van der Waals surface area contributed by atoms with Crippen LogP contribution in [0.4, 0.5) is 11.4 Å². The van der Waals surface area contributed by atoms with Crippen molar-refractivity contribution in [1.82, 2.24) is 4.98 Å². The molecule has 1 saturated carbocycles. The minimum Gasteiger partial charge on any atom is -0.394 e. The van der Waals surface area contributed by atoms with Crippen molar-refractivity contribution in [2.75, 3.05) is 11.9 Å². The van der Waals surface area contributed by atoms with Crippen molar-refractivity contribution in [3.8, 4) is 0 Å². The van der Waals surface area contributed by atoms with Gasteiger partial charge in [0, 0.05) is 23.3 Å². The largest absolute Gasteiger partial charge is 0.394 e. The lowest BCUT2D eigenvalue weighted by atomic mass is 9.98. The quantitative estimate of drug-likeness (QED) is 0.666. The highest BCUT2D eigenvalue weighted by molar-refractivity contribution is 5.96. The predicted molar refractivity (Wildman–Crippen MR) is 80.3 cm³/mol. The number of fused-ring (bicyclic) bond motifs is 1. The van der Waals surface area contributed by atoms with Crippen molar-refractivity contribution in [1.29, 1.82) is 0 Å². The van der Waals surface area contributed by atoms with Crippen LogP contribution >= 0.6 is 0 Å². The SMILES string of the molecule is O=[N+]([O-])c1cccc2c(NC3(CO)CCCC3)ccnc12. The molecule has 21 heavy (non-hydrogen) atoms. The maximum atomic E-state index is 11.1. The van der Waals surface area contributed by atoms with E-state index in [0.29, 0.717) is 10.9 Å². The average molecular weight is 287 g/mol. The van der Waals surface area contributed by atoms with E-state index in [9.17, 15) is 15.2 Å². The number of nitro groups is 1. The van der Waals surface area contributed by atoms with Crippen molar-refractivity contribution in [2.45, 2.75) is 31.2 Å². The Morgan fingerprint density at radius 3 is 2.76 bits per heavy atom. The second-order valence-electron chi connectivity index (χ2n) is 5.56. The molecular formula is C15H17N3O3. The van der Waals surface area contributed by atoms with Crippen LogP contribution in [0.1, 0.15) is 25.7 Å². The van der Waals surface area contributed by atoms with E-state index in [0.717, 1.165) is 31.4 Å². The predicted octanol–water partition coefficient (Wildman–Crippen LogP) is 2.86. The van der Waals surface area contributed by atoms with Gasteiger partial charge < -0.3 is 10.4 Å². The average Bonchev–Trinajstić information content (AvgIpc) is 2.96. The number of nitrogens with one attached hydrogen (secondary N) is 1. The lowest BCUT2D eigenvalue weighted by molar-refractivity contribution is -0.383. The van der Waals surface area contributed by atoms with Gasteiger partial charge in [0.1, 0.15) is 5.52 Å². The molecule has 110 valence electrons. The molecule has 0 atom stereocenters. The summed E-state index contributed by atoms with van der Waals surface area (Å²) in [6, 6.07) is 6.74. The number of pyridine rings is 1. The second kappa shape index (κ2) is 5.29. The van der Waals surface area contributed by atoms with Crippen LogP contribution in [0.15, 0.2) is 30.5 Å². The molecule has 0 amide bonds. The minimum atomic E-state index is -0.420. The molecule has 1 heterocycles. The number of hydrogen-bond donors (Lipinski definition) is 2. The Morgan fingerprint density at radius 1 is 1.33 bits per heavy atom. The highest BCUT2D eigenvalue weighted by Gasteiger charge is 2.33. The van der Waals surface area contributed by atoms with Gasteiger partial charge in [0.25, 0.3) is 5.69 Å². The Kier molecular flexibility index (Phi) is 3.47. The molecule has 3 rings (SSSR count). The van der Waals surface area contributed by atoms with Crippen molar-refractivity contribution in [3.63, 3.8) is 0 Å². The Bertz CT molecular complexity index is 681. The Balaban J connectivity index is 2.07. The summed E-state index contributed by atoms with van der Waals surface area (Å²) >= 11 is 0. The van der Waals surface area contributed by atoms with Crippen LogP contribution in [0.25, 0.3) is 10.9 Å². The molecule has 1 aromatic heterocycles. The number of para-hydroxylation sites is 1. The van der Waals surface area contributed by atoms with Crippen LogP contribution in [0.3, 0.4) is 0 Å². The zero-order chi connectivity index (χ0) is 14.9. The first-order chi connectivity index (χ1) is 10.2. The van der Waals surface area contributed by atoms with Gasteiger partial charge in [0.05, 0.1) is 17.1 Å². The number of aliphatic hydroxyl groups excluding tert-OH is 1. The Morgan fingerprint density at radius 2 is 2.10 bits per heavy atom. The highest BCUT2D eigenvalue weighted by Crippen LogP contribution is 2.36. The van der Waals surface area contributed by atoms with E-state index in [4.69, 9.17) is 0 Å². The summed E-state index contributed by atoms with van der Waals surface area (Å²) in [6.45, 7) is 0.0613. The maximum absolute atomic E-state index is 11.1. The summed E-state index contributed by atoms with van der Waals surface area (Å²) < 4.78 is 0. The Labute approximate surface area is 122 Å². The molecule has 0 aliphatic heterocycles. The van der Waals surface area contributed by atoms with Crippen LogP contribution in [0.5, 0.6) is 0 Å². The molecule has 1 aliphatic rings. The van der Waals surface area contributed by atoms with Gasteiger partial charge in [0.15, 0.2) is 0 Å². The third-order valence-corrected chi connectivity index (χ3v) is 4.21. The zero-order valence-electron chi connectivity index (χ0n) is 11.6. The van der Waals surface area contributed by atoms with Gasteiger partial charge >= 0.3 is 0 Å². The van der Waals surface area contributed by atoms with Gasteiger partial charge in [-0.3, -0.25) is 10.1 Å². The van der Waals surface area contributed by atoms with Crippen molar-refractivity contribution < 1.29 is 10.0 Å². The number of nitrogens with zero attached hydrogens (tertiary/aromatic N) is 2. The summed E-state index contributed by atoms with van der Waals surface area (Å²) in [4.78, 5) is 14.8. The fourth-order valence-corrected chi connectivity index (χ4v) is 3.08. The molecule has 0 unspecified atom stereocenters. The van der Waals surface area contributed by atoms with Gasteiger partial charge in [-0.1, -0.05) is 25.0 Å². The smallest absolute Gasteiger partial charge is 0.295 e. The molecule has 0 radical (unpaired) electrons. The first kappa shape index (κ1) is 13.8. The number of non-ortho nitro benzene ring substituents is 1. The van der Waals surface area contributed by atoms with Crippen molar-refractivity contribution in [2.24, 2.45) is 0 Å². The summed E-state index contributed by atoms with van der Waals surface area (Å²) in [7, 11) is 0. The third-order valence-electron chi connectivity index (χ3n) is 4.21. The second-order valence-corrected chi connectivity index (χ2v) is 5.56. The first-order valence-corrected chi connectivity index (χ1v) is 7.06. The van der Waals surface area contributed by atoms with Crippen molar-refractivity contribution >= 4 is 22.3 Å². The van der Waals surface area contributed by atoms with Crippen LogP contribution < -0.4 is 5.32 Å². The van der Waals surface area contributed by atoms with E-state index in [1.807, 2.05) is 12.1 Å². The molecule has 6 nitrogen and oxygen atoms in total. The number of nitro benzene ring substituents is 1. The van der Waals surface area contributed by atoms with Crippen LogP contribution in [-0.4, -0.2) is 27.2 Å². The fraction of sp³-hybridized carbons (Fsp3) is 0.400. The molecule has 1 fully saturated rings. The molecule has 6 heteroatoms. The maximum Gasteiger partial charge on any atom is 0.295 e. The van der Waals surface area contributed by atoms with E-state index in [1.54, 1.807) is 12.3 Å². The summed E-state index contributed by atoms with van der Waals surface area (Å²) in [5.41, 5.74) is 0.845. The number of benzene rings is 1. The van der Waals surface area contributed by atoms with Crippen LogP contribution in [0, 0.1) is 10.1 Å². The van der Waals surface area contributed by atoms with E-state index in [-0.39, 0.29) is 17.8 Å². The molecule has 0 bridgehead atoms. The van der Waals surface area contributed by atoms with E-state index in [2.05, 4.69) is 10.3 Å². The molecule has 1 aromatic carbocycles. The van der Waals surface area contributed by atoms with Gasteiger partial charge in [0.2, 0.25) is 0 Å². The number of hydrogen-bond acceptors (Lipinski definition) is 5. The summed E-state index contributed by atoms with van der Waals surface area (Å²) in [6.07, 6.45) is 5.54. The molecule has 1 aliphatic carbocycles. The van der Waals surface area contributed by atoms with Gasteiger partial charge in [-0.05, 0) is 18.9 Å². The number of anilines is 1. The van der Waals surface area contributed by atoms with Gasteiger partial charge in [-0.15, -0.1) is 0 Å². The lowest BCUT2D eigenvalue weighted by Gasteiger charge is -2.29. The molecule has 2 N–H and O–H groups in total. The minimum absolute atomic E-state index is 0.000574. The fourth-order valence-electron chi connectivity index (χ4n) is 3.08. The standard InChI is InChI=1S/C15H17N3O3/c19-10-15(7-1-2-8-15)17-12-6-9-16-14-11(12)4-3-5-13(14)18(20)21/h3-6,9,19H,1-2,7-8,10H2,(H,16,17). The molecular weight excluding hydrogens is 270 g/mol. The van der Waals surface area contributed by atoms with Crippen molar-refractivity contribution in [3.05, 3.63) is 40.6 Å². The van der Waals surface area contributed by atoms with E-state index in [1.165, 1.54) is 6.07 Å². The first-order valence-electron chi connectivity index (χ1n) is 7.06. The van der Waals surface area contributed by atoms with Gasteiger partial charge in [-0.2, -0.15) is 0 Å². The number of aromatic nitrogens is 1. The van der Waals surface area contributed by atoms with Gasteiger partial charge in [-0.25, -0.2) is 4.98 Å². The number of rotatable bonds is 4. The normalized spacial score (nSPS) is 17.0.